The molecule has 4 nitrogen and oxygen atoms in total. The minimum absolute atomic E-state index is 0.192. The monoisotopic (exact) mass is 311 g/mol. The van der Waals surface area contributed by atoms with Crippen LogP contribution in [0.3, 0.4) is 0 Å². The molecule has 0 fully saturated rings. The number of ether oxygens (including phenoxy) is 1. The van der Waals surface area contributed by atoms with Crippen molar-refractivity contribution in [2.75, 3.05) is 0 Å². The molecule has 0 aliphatic heterocycles. The Labute approximate surface area is 124 Å². The number of nitro groups is 1. The Kier molecular flexibility index (Phi) is 4.35. The maximum absolute atomic E-state index is 13.0. The van der Waals surface area contributed by atoms with Crippen LogP contribution in [0.15, 0.2) is 42.5 Å². The maximum Gasteiger partial charge on any atom is 0.419 e. The van der Waals surface area contributed by atoms with Gasteiger partial charge in [0.25, 0.3) is 5.69 Å². The third kappa shape index (κ3) is 3.55. The van der Waals surface area contributed by atoms with Crippen LogP contribution < -0.4 is 4.74 Å². The van der Waals surface area contributed by atoms with E-state index in [1.165, 1.54) is 30.3 Å². The fraction of sp³-hybridized carbons (Fsp3) is 0.200. The zero-order chi connectivity index (χ0) is 16.3. The number of nitrogens with zero attached hydrogens (tertiary/aromatic N) is 1. The summed E-state index contributed by atoms with van der Waals surface area (Å²) in [5.41, 5.74) is -0.430. The first-order valence-electron chi connectivity index (χ1n) is 6.32. The van der Waals surface area contributed by atoms with Gasteiger partial charge in [-0.15, -0.1) is 0 Å². The van der Waals surface area contributed by atoms with Gasteiger partial charge in [-0.25, -0.2) is 0 Å². The van der Waals surface area contributed by atoms with Crippen molar-refractivity contribution >= 4 is 5.69 Å². The highest BCUT2D eigenvalue weighted by atomic mass is 19.4. The number of rotatable bonds is 4. The van der Waals surface area contributed by atoms with Crippen molar-refractivity contribution < 1.29 is 22.8 Å². The zero-order valence-electron chi connectivity index (χ0n) is 11.6. The van der Waals surface area contributed by atoms with Gasteiger partial charge in [0.1, 0.15) is 12.4 Å². The predicted molar refractivity (Wildman–Crippen MR) is 73.6 cm³/mol. The van der Waals surface area contributed by atoms with Crippen LogP contribution in [-0.4, -0.2) is 4.92 Å². The van der Waals surface area contributed by atoms with E-state index >= 15 is 0 Å². The van der Waals surface area contributed by atoms with Crippen LogP contribution in [0.5, 0.6) is 5.75 Å². The quantitative estimate of drug-likeness (QED) is 0.617. The highest BCUT2D eigenvalue weighted by Gasteiger charge is 2.34. The summed E-state index contributed by atoms with van der Waals surface area (Å²) >= 11 is 0. The number of hydrogen-bond donors (Lipinski definition) is 0. The van der Waals surface area contributed by atoms with Crippen LogP contribution in [0.4, 0.5) is 18.9 Å². The van der Waals surface area contributed by atoms with Crippen LogP contribution in [0.2, 0.25) is 0 Å². The Balaban J connectivity index is 2.28. The average Bonchev–Trinajstić information content (AvgIpc) is 2.45. The number of halogens is 3. The Bertz CT molecular complexity index is 699. The summed E-state index contributed by atoms with van der Waals surface area (Å²) in [4.78, 5) is 10.3. The molecule has 0 aromatic heterocycles. The maximum atomic E-state index is 13.0. The van der Waals surface area contributed by atoms with Crippen molar-refractivity contribution in [1.29, 1.82) is 0 Å². The standard InChI is InChI=1S/C15H12F3NO3/c1-10-6-7-14(12(8-10)15(16,17)18)22-9-11-4-2-3-5-13(11)19(20)21/h2-8H,9H2,1H3. The average molecular weight is 311 g/mol. The second-order valence-electron chi connectivity index (χ2n) is 4.67. The molecular formula is C15H12F3NO3. The minimum Gasteiger partial charge on any atom is -0.488 e. The molecule has 0 atom stereocenters. The lowest BCUT2D eigenvalue weighted by Gasteiger charge is -2.14. The van der Waals surface area contributed by atoms with Crippen LogP contribution in [-0.2, 0) is 12.8 Å². The summed E-state index contributed by atoms with van der Waals surface area (Å²) in [7, 11) is 0. The molecule has 7 heteroatoms. The van der Waals surface area contributed by atoms with Gasteiger partial charge in [-0.2, -0.15) is 13.2 Å². The zero-order valence-corrected chi connectivity index (χ0v) is 11.6. The Morgan fingerprint density at radius 3 is 2.50 bits per heavy atom. The van der Waals surface area contributed by atoms with Crippen LogP contribution in [0.25, 0.3) is 0 Å². The molecule has 0 heterocycles. The predicted octanol–water partition coefficient (Wildman–Crippen LogP) is 4.50. The van der Waals surface area contributed by atoms with E-state index in [4.69, 9.17) is 4.74 Å². The topological polar surface area (TPSA) is 52.4 Å². The molecule has 2 rings (SSSR count). The lowest BCUT2D eigenvalue weighted by atomic mass is 10.1. The number of benzene rings is 2. The molecule has 0 bridgehead atoms. The summed E-state index contributed by atoms with van der Waals surface area (Å²) in [6, 6.07) is 9.45. The molecule has 0 aliphatic carbocycles. The number of hydrogen-bond acceptors (Lipinski definition) is 3. The van der Waals surface area contributed by atoms with E-state index in [2.05, 4.69) is 0 Å². The van der Waals surface area contributed by atoms with Gasteiger partial charge in [0.2, 0.25) is 0 Å². The molecule has 0 aliphatic rings. The molecule has 0 unspecified atom stereocenters. The molecule has 0 N–H and O–H groups in total. The van der Waals surface area contributed by atoms with E-state index < -0.39 is 16.7 Å². The summed E-state index contributed by atoms with van der Waals surface area (Å²) < 4.78 is 44.1. The second-order valence-corrected chi connectivity index (χ2v) is 4.67. The Morgan fingerprint density at radius 2 is 1.86 bits per heavy atom. The van der Waals surface area contributed by atoms with E-state index in [1.807, 2.05) is 0 Å². The van der Waals surface area contributed by atoms with Crippen molar-refractivity contribution in [1.82, 2.24) is 0 Å². The SMILES string of the molecule is Cc1ccc(OCc2ccccc2[N+](=O)[O-])c(C(F)(F)F)c1. The fourth-order valence-corrected chi connectivity index (χ4v) is 1.96. The lowest BCUT2D eigenvalue weighted by molar-refractivity contribution is -0.385. The van der Waals surface area contributed by atoms with Crippen LogP contribution in [0, 0.1) is 17.0 Å². The molecule has 0 amide bonds. The summed E-state index contributed by atoms with van der Waals surface area (Å²) in [5, 5.41) is 10.9. The van der Waals surface area contributed by atoms with Gasteiger partial charge in [0.15, 0.2) is 0 Å². The molecule has 0 spiro atoms. The number of aryl methyl sites for hydroxylation is 1. The van der Waals surface area contributed by atoms with Gasteiger partial charge in [-0.1, -0.05) is 23.8 Å². The fourth-order valence-electron chi connectivity index (χ4n) is 1.96. The first kappa shape index (κ1) is 15.8. The molecule has 0 saturated heterocycles. The second kappa shape index (κ2) is 6.05. The van der Waals surface area contributed by atoms with Crippen molar-refractivity contribution in [3.63, 3.8) is 0 Å². The first-order valence-corrected chi connectivity index (χ1v) is 6.32. The molecule has 0 radical (unpaired) electrons. The molecular weight excluding hydrogens is 299 g/mol. The van der Waals surface area contributed by atoms with E-state index in [-0.39, 0.29) is 23.6 Å². The molecule has 2 aromatic carbocycles. The van der Waals surface area contributed by atoms with Gasteiger partial charge in [0.05, 0.1) is 16.1 Å². The van der Waals surface area contributed by atoms with E-state index in [1.54, 1.807) is 13.0 Å². The van der Waals surface area contributed by atoms with Gasteiger partial charge in [0, 0.05) is 6.07 Å². The molecule has 116 valence electrons. The van der Waals surface area contributed by atoms with Gasteiger partial charge < -0.3 is 4.74 Å². The smallest absolute Gasteiger partial charge is 0.419 e. The van der Waals surface area contributed by atoms with Crippen molar-refractivity contribution in [2.45, 2.75) is 19.7 Å². The van der Waals surface area contributed by atoms with Crippen LogP contribution in [0.1, 0.15) is 16.7 Å². The van der Waals surface area contributed by atoms with E-state index in [9.17, 15) is 23.3 Å². The highest BCUT2D eigenvalue weighted by Crippen LogP contribution is 2.37. The van der Waals surface area contributed by atoms with Gasteiger partial charge >= 0.3 is 6.18 Å². The Morgan fingerprint density at radius 1 is 1.18 bits per heavy atom. The third-order valence-corrected chi connectivity index (χ3v) is 3.01. The minimum atomic E-state index is -4.55. The first-order chi connectivity index (χ1) is 10.3. The normalized spacial score (nSPS) is 11.3. The van der Waals surface area contributed by atoms with E-state index in [0.717, 1.165) is 6.07 Å². The summed E-state index contributed by atoms with van der Waals surface area (Å²) in [5.74, 6) is -0.351. The molecule has 2 aromatic rings. The molecule has 0 saturated carbocycles. The summed E-state index contributed by atoms with van der Waals surface area (Å²) in [6.45, 7) is 1.23. The van der Waals surface area contributed by atoms with Gasteiger partial charge in [-0.3, -0.25) is 10.1 Å². The number of alkyl halides is 3. The van der Waals surface area contributed by atoms with Crippen molar-refractivity contribution in [3.05, 3.63) is 69.3 Å². The largest absolute Gasteiger partial charge is 0.488 e. The van der Waals surface area contributed by atoms with Crippen molar-refractivity contribution in [2.24, 2.45) is 0 Å². The Hall–Kier alpha value is -2.57. The van der Waals surface area contributed by atoms with Crippen molar-refractivity contribution in [3.8, 4) is 5.75 Å². The highest BCUT2D eigenvalue weighted by molar-refractivity contribution is 5.42. The number of para-hydroxylation sites is 1. The lowest BCUT2D eigenvalue weighted by Crippen LogP contribution is -2.09. The summed E-state index contributed by atoms with van der Waals surface area (Å²) in [6.07, 6.45) is -4.55. The van der Waals surface area contributed by atoms with Gasteiger partial charge in [-0.05, 0) is 25.1 Å². The number of nitro benzene ring substituents is 1. The van der Waals surface area contributed by atoms with Crippen LogP contribution >= 0.6 is 0 Å². The molecule has 22 heavy (non-hydrogen) atoms. The third-order valence-electron chi connectivity index (χ3n) is 3.01. The van der Waals surface area contributed by atoms with E-state index in [0.29, 0.717) is 5.56 Å².